The number of benzene rings is 1. The lowest BCUT2D eigenvalue weighted by atomic mass is 9.93. The number of aromatic nitrogens is 3. The molecule has 6 heteroatoms. The quantitative estimate of drug-likeness (QED) is 0.713. The van der Waals surface area contributed by atoms with Gasteiger partial charge >= 0.3 is 0 Å². The first-order chi connectivity index (χ1) is 11.4. The van der Waals surface area contributed by atoms with Gasteiger partial charge in [0.05, 0.1) is 19.0 Å². The van der Waals surface area contributed by atoms with Crippen molar-refractivity contribution in [3.8, 4) is 5.75 Å². The van der Waals surface area contributed by atoms with Crippen LogP contribution in [0.3, 0.4) is 0 Å². The van der Waals surface area contributed by atoms with Crippen molar-refractivity contribution in [2.75, 3.05) is 18.6 Å². The zero-order valence-corrected chi connectivity index (χ0v) is 15.4. The summed E-state index contributed by atoms with van der Waals surface area (Å²) in [4.78, 5) is 8.04. The Kier molecular flexibility index (Phi) is 3.53. The number of ether oxygens (including phenoxy) is 1. The van der Waals surface area contributed by atoms with Crippen molar-refractivity contribution in [2.24, 2.45) is 0 Å². The highest BCUT2D eigenvalue weighted by Crippen LogP contribution is 2.31. The Labute approximate surface area is 145 Å². The predicted octanol–water partition coefficient (Wildman–Crippen LogP) is 3.66. The Bertz CT molecular complexity index is 859. The van der Waals surface area contributed by atoms with Crippen molar-refractivity contribution in [3.05, 3.63) is 41.2 Å². The van der Waals surface area contributed by atoms with Crippen LogP contribution in [0.4, 0.5) is 5.13 Å². The summed E-state index contributed by atoms with van der Waals surface area (Å²) in [7, 11) is 1.71. The lowest BCUT2D eigenvalue weighted by Crippen LogP contribution is -2.30. The van der Waals surface area contributed by atoms with E-state index in [1.165, 1.54) is 11.1 Å². The molecule has 0 saturated carbocycles. The van der Waals surface area contributed by atoms with Crippen LogP contribution in [0.1, 0.15) is 37.6 Å². The number of nitrogens with zero attached hydrogens (tertiary/aromatic N) is 4. The number of hydrogen-bond donors (Lipinski definition) is 0. The van der Waals surface area contributed by atoms with Crippen LogP contribution in [-0.4, -0.2) is 28.3 Å². The van der Waals surface area contributed by atoms with Gasteiger partial charge in [0.15, 0.2) is 0 Å². The minimum atomic E-state index is 0.0498. The summed E-state index contributed by atoms with van der Waals surface area (Å²) in [5.41, 5.74) is 3.86. The van der Waals surface area contributed by atoms with Gasteiger partial charge in [0.1, 0.15) is 5.75 Å². The van der Waals surface area contributed by atoms with Crippen LogP contribution < -0.4 is 9.64 Å². The van der Waals surface area contributed by atoms with Gasteiger partial charge in [-0.15, -0.1) is 5.10 Å². The summed E-state index contributed by atoms with van der Waals surface area (Å²) in [6.07, 6.45) is 3.09. The molecule has 1 aliphatic rings. The molecule has 2 aromatic heterocycles. The highest BCUT2D eigenvalue weighted by molar-refractivity contribution is 7.20. The van der Waals surface area contributed by atoms with E-state index in [4.69, 9.17) is 14.8 Å². The fraction of sp³-hybridized carbons (Fsp3) is 0.444. The molecule has 1 aliphatic heterocycles. The number of hydrogen-bond acceptors (Lipinski definition) is 5. The number of fused-ring (bicyclic) bond motifs is 2. The first-order valence-corrected chi connectivity index (χ1v) is 9.03. The third-order valence-corrected chi connectivity index (χ3v) is 5.48. The summed E-state index contributed by atoms with van der Waals surface area (Å²) in [5.74, 6) is 0.916. The maximum Gasteiger partial charge on any atom is 0.214 e. The van der Waals surface area contributed by atoms with E-state index < -0.39 is 0 Å². The summed E-state index contributed by atoms with van der Waals surface area (Å²) < 4.78 is 7.27. The second-order valence-corrected chi connectivity index (χ2v) is 8.23. The zero-order valence-electron chi connectivity index (χ0n) is 14.5. The van der Waals surface area contributed by atoms with Crippen molar-refractivity contribution < 1.29 is 4.74 Å². The van der Waals surface area contributed by atoms with Crippen LogP contribution in [0.25, 0.3) is 4.96 Å². The van der Waals surface area contributed by atoms with Crippen molar-refractivity contribution in [1.82, 2.24) is 14.6 Å². The fourth-order valence-corrected chi connectivity index (χ4v) is 3.91. The second kappa shape index (κ2) is 5.48. The molecule has 24 heavy (non-hydrogen) atoms. The van der Waals surface area contributed by atoms with Gasteiger partial charge in [-0.2, -0.15) is 0 Å². The molecule has 0 amide bonds. The third kappa shape index (κ3) is 2.65. The van der Waals surface area contributed by atoms with Gasteiger partial charge in [0.25, 0.3) is 0 Å². The molecule has 0 spiro atoms. The maximum atomic E-state index is 5.36. The van der Waals surface area contributed by atoms with Gasteiger partial charge in [0, 0.05) is 18.5 Å². The zero-order chi connectivity index (χ0) is 16.9. The summed E-state index contributed by atoms with van der Waals surface area (Å²) in [6, 6.07) is 6.35. The third-order valence-electron chi connectivity index (χ3n) is 4.50. The van der Waals surface area contributed by atoms with Crippen molar-refractivity contribution >= 4 is 21.4 Å². The highest BCUT2D eigenvalue weighted by Gasteiger charge is 2.23. The van der Waals surface area contributed by atoms with Gasteiger partial charge in [-0.1, -0.05) is 38.2 Å². The highest BCUT2D eigenvalue weighted by atomic mass is 32.1. The molecule has 3 heterocycles. The molecule has 0 aliphatic carbocycles. The molecular weight excluding hydrogens is 320 g/mol. The van der Waals surface area contributed by atoms with Crippen LogP contribution in [0, 0.1) is 0 Å². The molecule has 0 fully saturated rings. The van der Waals surface area contributed by atoms with E-state index in [1.54, 1.807) is 18.4 Å². The molecule has 0 bridgehead atoms. The molecule has 0 saturated heterocycles. The van der Waals surface area contributed by atoms with Gasteiger partial charge in [-0.05, 0) is 29.7 Å². The van der Waals surface area contributed by atoms with Gasteiger partial charge < -0.3 is 9.64 Å². The van der Waals surface area contributed by atoms with Crippen molar-refractivity contribution in [2.45, 2.75) is 39.2 Å². The second-order valence-electron chi connectivity index (χ2n) is 7.29. The molecule has 0 atom stereocenters. The molecule has 3 aromatic rings. The monoisotopic (exact) mass is 342 g/mol. The molecule has 5 nitrogen and oxygen atoms in total. The standard InChI is InChI=1S/C18H22N4OS/c1-18(2,3)15-11-22-16(19-15)24-17(20-22)21-8-7-12-5-6-14(23-4)9-13(12)10-21/h5-6,9,11H,7-8,10H2,1-4H3. The number of methoxy groups -OCH3 is 1. The first kappa shape index (κ1) is 15.4. The molecule has 0 unspecified atom stereocenters. The van der Waals surface area contributed by atoms with E-state index >= 15 is 0 Å². The summed E-state index contributed by atoms with van der Waals surface area (Å²) >= 11 is 1.66. The van der Waals surface area contributed by atoms with Crippen molar-refractivity contribution in [1.29, 1.82) is 0 Å². The molecule has 0 N–H and O–H groups in total. The van der Waals surface area contributed by atoms with Gasteiger partial charge in [-0.3, -0.25) is 0 Å². The smallest absolute Gasteiger partial charge is 0.214 e. The van der Waals surface area contributed by atoms with E-state index in [0.717, 1.165) is 41.0 Å². The largest absolute Gasteiger partial charge is 0.497 e. The van der Waals surface area contributed by atoms with Gasteiger partial charge in [-0.25, -0.2) is 9.50 Å². The Morgan fingerprint density at radius 1 is 1.21 bits per heavy atom. The first-order valence-electron chi connectivity index (χ1n) is 8.21. The maximum absolute atomic E-state index is 5.36. The van der Waals surface area contributed by atoms with E-state index in [1.807, 2.05) is 10.6 Å². The Morgan fingerprint density at radius 2 is 2.04 bits per heavy atom. The topological polar surface area (TPSA) is 42.7 Å². The number of anilines is 1. The SMILES string of the molecule is COc1ccc2c(c1)CN(c1nn3cc(C(C)(C)C)nc3s1)CC2. The minimum Gasteiger partial charge on any atom is -0.497 e. The van der Waals surface area contributed by atoms with Crippen LogP contribution in [0.2, 0.25) is 0 Å². The Balaban J connectivity index is 1.62. The predicted molar refractivity (Wildman–Crippen MR) is 97.3 cm³/mol. The van der Waals surface area contributed by atoms with Crippen LogP contribution in [0.5, 0.6) is 5.75 Å². The molecule has 1 aromatic carbocycles. The summed E-state index contributed by atoms with van der Waals surface area (Å²) in [5, 5.41) is 5.79. The average molecular weight is 342 g/mol. The van der Waals surface area contributed by atoms with E-state index in [-0.39, 0.29) is 5.41 Å². The lowest BCUT2D eigenvalue weighted by molar-refractivity contribution is 0.413. The van der Waals surface area contributed by atoms with E-state index in [2.05, 4.69) is 44.0 Å². The molecule has 4 rings (SSSR count). The molecule has 0 radical (unpaired) electrons. The van der Waals surface area contributed by atoms with Crippen molar-refractivity contribution in [3.63, 3.8) is 0 Å². The normalized spacial score (nSPS) is 14.9. The number of imidazole rings is 1. The Morgan fingerprint density at radius 3 is 2.75 bits per heavy atom. The van der Waals surface area contributed by atoms with Gasteiger partial charge in [0.2, 0.25) is 10.1 Å². The molecular formula is C18H22N4OS. The minimum absolute atomic E-state index is 0.0498. The molecule has 126 valence electrons. The lowest BCUT2D eigenvalue weighted by Gasteiger charge is -2.28. The Hall–Kier alpha value is -2.08. The van der Waals surface area contributed by atoms with Crippen LogP contribution in [-0.2, 0) is 18.4 Å². The average Bonchev–Trinajstić information content (AvgIpc) is 3.12. The van der Waals surface area contributed by atoms with Crippen LogP contribution >= 0.6 is 11.3 Å². The van der Waals surface area contributed by atoms with E-state index in [9.17, 15) is 0 Å². The number of rotatable bonds is 2. The summed E-state index contributed by atoms with van der Waals surface area (Å²) in [6.45, 7) is 8.39. The fourth-order valence-electron chi connectivity index (χ4n) is 3.00. The van der Waals surface area contributed by atoms with E-state index in [0.29, 0.717) is 0 Å². The van der Waals surface area contributed by atoms with Crippen LogP contribution in [0.15, 0.2) is 24.4 Å².